The molecule has 8 heteroatoms. The number of sulfone groups is 1. The molecule has 0 saturated carbocycles. The van der Waals surface area contributed by atoms with E-state index in [1.807, 2.05) is 27.7 Å². The summed E-state index contributed by atoms with van der Waals surface area (Å²) in [7, 11) is -3.58. The molecule has 0 saturated heterocycles. The van der Waals surface area contributed by atoms with Crippen LogP contribution < -0.4 is 0 Å². The van der Waals surface area contributed by atoms with E-state index in [-0.39, 0.29) is 23.7 Å². The monoisotopic (exact) mass is 370 g/mol. The summed E-state index contributed by atoms with van der Waals surface area (Å²) >= 11 is 1.32. The van der Waals surface area contributed by atoms with E-state index in [1.54, 1.807) is 22.4 Å². The molecule has 0 aromatic carbocycles. The molecule has 2 rings (SSSR count). The number of aromatic nitrogens is 1. The number of furan rings is 1. The molecule has 0 aliphatic rings. The summed E-state index contributed by atoms with van der Waals surface area (Å²) in [4.78, 5) is 18.2. The van der Waals surface area contributed by atoms with Gasteiger partial charge in [-0.15, -0.1) is 11.3 Å². The molecule has 1 amide bonds. The van der Waals surface area contributed by atoms with Crippen molar-refractivity contribution in [3.05, 3.63) is 29.5 Å². The number of amides is 1. The SMILES string of the molecule is CC(C)N(C(=O)CS(=O)(=O)Cc1csc(-c2ccco2)n1)C(C)C. The number of nitrogens with zero attached hydrogens (tertiary/aromatic N) is 2. The zero-order valence-electron chi connectivity index (χ0n) is 14.2. The minimum Gasteiger partial charge on any atom is -0.462 e. The summed E-state index contributed by atoms with van der Waals surface area (Å²) in [6.07, 6.45) is 1.54. The first-order valence-electron chi connectivity index (χ1n) is 7.69. The van der Waals surface area contributed by atoms with Gasteiger partial charge in [-0.1, -0.05) is 0 Å². The molecular formula is C16H22N2O4S2. The normalized spacial score (nSPS) is 12.1. The quantitative estimate of drug-likeness (QED) is 0.748. The van der Waals surface area contributed by atoms with Crippen LogP contribution in [0.15, 0.2) is 28.2 Å². The Balaban J connectivity index is 2.07. The lowest BCUT2D eigenvalue weighted by atomic mass is 10.2. The van der Waals surface area contributed by atoms with Crippen molar-refractivity contribution in [3.8, 4) is 10.8 Å². The fourth-order valence-corrected chi connectivity index (χ4v) is 4.72. The summed E-state index contributed by atoms with van der Waals surface area (Å²) in [5, 5.41) is 2.31. The number of rotatable bonds is 7. The molecule has 0 radical (unpaired) electrons. The van der Waals surface area contributed by atoms with Gasteiger partial charge in [0.15, 0.2) is 20.6 Å². The van der Waals surface area contributed by atoms with Crippen LogP contribution in [-0.2, 0) is 20.4 Å². The average molecular weight is 370 g/mol. The molecule has 2 heterocycles. The van der Waals surface area contributed by atoms with Crippen molar-refractivity contribution in [2.45, 2.75) is 45.5 Å². The topological polar surface area (TPSA) is 80.5 Å². The predicted molar refractivity (Wildman–Crippen MR) is 94.4 cm³/mol. The first-order chi connectivity index (χ1) is 11.2. The largest absolute Gasteiger partial charge is 0.462 e. The maximum atomic E-state index is 12.3. The molecule has 132 valence electrons. The lowest BCUT2D eigenvalue weighted by molar-refractivity contribution is -0.131. The second kappa shape index (κ2) is 7.48. The van der Waals surface area contributed by atoms with Crippen molar-refractivity contribution in [1.82, 2.24) is 9.88 Å². The van der Waals surface area contributed by atoms with Crippen molar-refractivity contribution < 1.29 is 17.6 Å². The minimum atomic E-state index is -3.58. The Bertz CT molecular complexity index is 769. The highest BCUT2D eigenvalue weighted by atomic mass is 32.2. The van der Waals surface area contributed by atoms with Crippen LogP contribution in [0.2, 0.25) is 0 Å². The Morgan fingerprint density at radius 1 is 1.29 bits per heavy atom. The second-order valence-electron chi connectivity index (χ2n) is 6.14. The van der Waals surface area contributed by atoms with Crippen LogP contribution in [0.5, 0.6) is 0 Å². The van der Waals surface area contributed by atoms with Crippen molar-refractivity contribution >= 4 is 27.1 Å². The van der Waals surface area contributed by atoms with Crippen LogP contribution in [-0.4, -0.2) is 42.0 Å². The van der Waals surface area contributed by atoms with Crippen molar-refractivity contribution in [2.75, 3.05) is 5.75 Å². The molecule has 24 heavy (non-hydrogen) atoms. The minimum absolute atomic E-state index is 0.0440. The molecule has 0 aliphatic carbocycles. The third-order valence-corrected chi connectivity index (χ3v) is 5.72. The molecular weight excluding hydrogens is 348 g/mol. The van der Waals surface area contributed by atoms with Gasteiger partial charge in [0.05, 0.1) is 17.7 Å². The fourth-order valence-electron chi connectivity index (χ4n) is 2.60. The molecule has 0 atom stereocenters. The van der Waals surface area contributed by atoms with E-state index in [0.29, 0.717) is 16.5 Å². The molecule has 2 aromatic heterocycles. The van der Waals surface area contributed by atoms with Crippen LogP contribution in [0.25, 0.3) is 10.8 Å². The van der Waals surface area contributed by atoms with Crippen LogP contribution in [0.3, 0.4) is 0 Å². The van der Waals surface area contributed by atoms with Gasteiger partial charge in [0.2, 0.25) is 5.91 Å². The first-order valence-corrected chi connectivity index (χ1v) is 10.4. The summed E-state index contributed by atoms with van der Waals surface area (Å²) in [6, 6.07) is 3.43. The number of carbonyl (C=O) groups is 1. The number of carbonyl (C=O) groups excluding carboxylic acids is 1. The molecule has 6 nitrogen and oxygen atoms in total. The third-order valence-electron chi connectivity index (χ3n) is 3.40. The number of hydrogen-bond acceptors (Lipinski definition) is 6. The molecule has 0 bridgehead atoms. The highest BCUT2D eigenvalue weighted by Crippen LogP contribution is 2.24. The summed E-state index contributed by atoms with van der Waals surface area (Å²) in [5.74, 6) is -0.524. The summed E-state index contributed by atoms with van der Waals surface area (Å²) in [5.41, 5.74) is 0.430. The van der Waals surface area contributed by atoms with E-state index in [4.69, 9.17) is 4.42 Å². The van der Waals surface area contributed by atoms with Gasteiger partial charge in [-0.2, -0.15) is 0 Å². The van der Waals surface area contributed by atoms with Crippen LogP contribution in [0, 0.1) is 0 Å². The molecule has 0 fully saturated rings. The van der Waals surface area contributed by atoms with Gasteiger partial charge in [0.25, 0.3) is 0 Å². The van der Waals surface area contributed by atoms with Gasteiger partial charge in [-0.05, 0) is 39.8 Å². The van der Waals surface area contributed by atoms with E-state index < -0.39 is 15.6 Å². The van der Waals surface area contributed by atoms with Crippen LogP contribution in [0.4, 0.5) is 0 Å². The van der Waals surface area contributed by atoms with Gasteiger partial charge >= 0.3 is 0 Å². The zero-order valence-corrected chi connectivity index (χ0v) is 15.9. The fraction of sp³-hybridized carbons (Fsp3) is 0.500. The van der Waals surface area contributed by atoms with Crippen LogP contribution in [0.1, 0.15) is 33.4 Å². The lowest BCUT2D eigenvalue weighted by Gasteiger charge is -2.30. The van der Waals surface area contributed by atoms with Gasteiger partial charge < -0.3 is 9.32 Å². The van der Waals surface area contributed by atoms with E-state index in [9.17, 15) is 13.2 Å². The Hall–Kier alpha value is -1.67. The van der Waals surface area contributed by atoms with Gasteiger partial charge in [0.1, 0.15) is 5.75 Å². The Labute approximate surface area is 146 Å². The number of hydrogen-bond donors (Lipinski definition) is 0. The third kappa shape index (κ3) is 4.67. The second-order valence-corrected chi connectivity index (χ2v) is 9.06. The zero-order chi connectivity index (χ0) is 17.9. The van der Waals surface area contributed by atoms with E-state index >= 15 is 0 Å². The maximum absolute atomic E-state index is 12.3. The molecule has 0 aliphatic heterocycles. The van der Waals surface area contributed by atoms with Gasteiger partial charge in [-0.25, -0.2) is 13.4 Å². The van der Waals surface area contributed by atoms with Crippen molar-refractivity contribution in [3.63, 3.8) is 0 Å². The first kappa shape index (κ1) is 18.7. The molecule has 2 aromatic rings. The Kier molecular flexibility index (Phi) is 5.82. The average Bonchev–Trinajstić information content (AvgIpc) is 3.06. The predicted octanol–water partition coefficient (Wildman–Crippen LogP) is 2.96. The molecule has 0 unspecified atom stereocenters. The van der Waals surface area contributed by atoms with Crippen LogP contribution >= 0.6 is 11.3 Å². The van der Waals surface area contributed by atoms with Gasteiger partial charge in [-0.3, -0.25) is 4.79 Å². The molecule has 0 spiro atoms. The van der Waals surface area contributed by atoms with Crippen molar-refractivity contribution in [2.24, 2.45) is 0 Å². The Morgan fingerprint density at radius 2 is 1.96 bits per heavy atom. The van der Waals surface area contributed by atoms with E-state index in [1.165, 1.54) is 17.6 Å². The highest BCUT2D eigenvalue weighted by molar-refractivity contribution is 7.91. The van der Waals surface area contributed by atoms with Gasteiger partial charge in [0, 0.05) is 17.5 Å². The smallest absolute Gasteiger partial charge is 0.238 e. The standard InChI is InChI=1S/C16H22N2O4S2/c1-11(2)18(12(3)4)15(19)10-24(20,21)9-13-8-23-16(17-13)14-6-5-7-22-14/h5-8,11-12H,9-10H2,1-4H3. The molecule has 0 N–H and O–H groups in total. The maximum Gasteiger partial charge on any atom is 0.238 e. The lowest BCUT2D eigenvalue weighted by Crippen LogP contribution is -2.45. The van der Waals surface area contributed by atoms with E-state index in [2.05, 4.69) is 4.98 Å². The summed E-state index contributed by atoms with van der Waals surface area (Å²) < 4.78 is 29.9. The summed E-state index contributed by atoms with van der Waals surface area (Å²) in [6.45, 7) is 7.50. The van der Waals surface area contributed by atoms with E-state index in [0.717, 1.165) is 0 Å². The Morgan fingerprint density at radius 3 is 2.50 bits per heavy atom. The van der Waals surface area contributed by atoms with Crippen molar-refractivity contribution in [1.29, 1.82) is 0 Å². The highest BCUT2D eigenvalue weighted by Gasteiger charge is 2.26. The number of thiazole rings is 1.